The van der Waals surface area contributed by atoms with Crippen molar-refractivity contribution in [1.82, 2.24) is 0 Å². The third-order valence-electron chi connectivity index (χ3n) is 3.42. The van der Waals surface area contributed by atoms with E-state index in [4.69, 9.17) is 0 Å². The zero-order valence-corrected chi connectivity index (χ0v) is 10.9. The van der Waals surface area contributed by atoms with Crippen LogP contribution in [0.1, 0.15) is 39.2 Å². The predicted octanol–water partition coefficient (Wildman–Crippen LogP) is 3.89. The number of rotatable bonds is 5. The number of nitro groups is 1. The zero-order chi connectivity index (χ0) is 13.1. The van der Waals surface area contributed by atoms with Crippen LogP contribution >= 0.6 is 0 Å². The number of hydrogen-bond donors (Lipinski definition) is 1. The van der Waals surface area contributed by atoms with Crippen LogP contribution in [-0.2, 0) is 0 Å². The van der Waals surface area contributed by atoms with Crippen molar-refractivity contribution in [2.24, 2.45) is 0 Å². The van der Waals surface area contributed by atoms with Gasteiger partial charge in [0, 0.05) is 23.4 Å². The van der Waals surface area contributed by atoms with Gasteiger partial charge in [0.15, 0.2) is 0 Å². The summed E-state index contributed by atoms with van der Waals surface area (Å²) in [7, 11) is 0. The fourth-order valence-electron chi connectivity index (χ4n) is 1.65. The standard InChI is InChI=1S/C13H20N2O2/c1-5-13(4,6-2)14-12-8-7-11(15(16)17)9-10(12)3/h7-9,14H,5-6H2,1-4H3. The molecule has 0 saturated carbocycles. The Morgan fingerprint density at radius 2 is 1.94 bits per heavy atom. The van der Waals surface area contributed by atoms with Crippen molar-refractivity contribution in [2.45, 2.75) is 46.1 Å². The van der Waals surface area contributed by atoms with Gasteiger partial charge in [-0.25, -0.2) is 0 Å². The number of anilines is 1. The first-order valence-corrected chi connectivity index (χ1v) is 5.95. The molecule has 0 amide bonds. The van der Waals surface area contributed by atoms with Crippen molar-refractivity contribution in [3.05, 3.63) is 33.9 Å². The molecule has 4 nitrogen and oxygen atoms in total. The fraction of sp³-hybridized carbons (Fsp3) is 0.538. The summed E-state index contributed by atoms with van der Waals surface area (Å²) in [5.41, 5.74) is 2.07. The van der Waals surface area contributed by atoms with Crippen molar-refractivity contribution in [1.29, 1.82) is 0 Å². The van der Waals surface area contributed by atoms with E-state index >= 15 is 0 Å². The van der Waals surface area contributed by atoms with E-state index in [9.17, 15) is 10.1 Å². The van der Waals surface area contributed by atoms with E-state index in [2.05, 4.69) is 26.1 Å². The molecule has 0 fully saturated rings. The highest BCUT2D eigenvalue weighted by molar-refractivity contribution is 5.56. The van der Waals surface area contributed by atoms with Crippen molar-refractivity contribution in [3.63, 3.8) is 0 Å². The molecule has 0 aliphatic heterocycles. The third-order valence-corrected chi connectivity index (χ3v) is 3.42. The van der Waals surface area contributed by atoms with Crippen molar-refractivity contribution >= 4 is 11.4 Å². The SMILES string of the molecule is CCC(C)(CC)Nc1ccc([N+](=O)[O-])cc1C. The van der Waals surface area contributed by atoms with Gasteiger partial charge in [0.1, 0.15) is 0 Å². The van der Waals surface area contributed by atoms with Crippen LogP contribution in [-0.4, -0.2) is 10.5 Å². The minimum atomic E-state index is -0.365. The molecule has 1 rings (SSSR count). The summed E-state index contributed by atoms with van der Waals surface area (Å²) in [6.07, 6.45) is 2.03. The Morgan fingerprint density at radius 3 is 2.35 bits per heavy atom. The van der Waals surface area contributed by atoms with E-state index in [0.717, 1.165) is 24.1 Å². The highest BCUT2D eigenvalue weighted by atomic mass is 16.6. The number of nitro benzene ring substituents is 1. The van der Waals surface area contributed by atoms with Gasteiger partial charge < -0.3 is 5.32 Å². The van der Waals surface area contributed by atoms with Gasteiger partial charge in [0.05, 0.1) is 4.92 Å². The number of hydrogen-bond acceptors (Lipinski definition) is 3. The summed E-state index contributed by atoms with van der Waals surface area (Å²) in [6.45, 7) is 8.32. The molecule has 0 aliphatic rings. The first kappa shape index (κ1) is 13.5. The second-order valence-corrected chi connectivity index (χ2v) is 4.65. The minimum absolute atomic E-state index is 0.0426. The maximum atomic E-state index is 10.6. The van der Waals surface area contributed by atoms with Gasteiger partial charge in [0.25, 0.3) is 5.69 Å². The molecule has 0 aromatic heterocycles. The summed E-state index contributed by atoms with van der Waals surface area (Å²) in [6, 6.07) is 4.94. The monoisotopic (exact) mass is 236 g/mol. The van der Waals surface area contributed by atoms with Gasteiger partial charge in [-0.05, 0) is 38.3 Å². The molecule has 1 aromatic carbocycles. The lowest BCUT2D eigenvalue weighted by Crippen LogP contribution is -2.33. The van der Waals surface area contributed by atoms with Gasteiger partial charge in [-0.3, -0.25) is 10.1 Å². The van der Waals surface area contributed by atoms with Gasteiger partial charge in [-0.2, -0.15) is 0 Å². The van der Waals surface area contributed by atoms with Crippen LogP contribution in [0.2, 0.25) is 0 Å². The maximum Gasteiger partial charge on any atom is 0.269 e. The molecule has 0 atom stereocenters. The average molecular weight is 236 g/mol. The maximum absolute atomic E-state index is 10.6. The van der Waals surface area contributed by atoms with Crippen LogP contribution in [0.25, 0.3) is 0 Å². The molecule has 0 aliphatic carbocycles. The van der Waals surface area contributed by atoms with E-state index in [-0.39, 0.29) is 16.1 Å². The lowest BCUT2D eigenvalue weighted by molar-refractivity contribution is -0.384. The van der Waals surface area contributed by atoms with Crippen LogP contribution in [0.4, 0.5) is 11.4 Å². The smallest absolute Gasteiger partial charge is 0.269 e. The highest BCUT2D eigenvalue weighted by Gasteiger charge is 2.20. The molecule has 0 saturated heterocycles. The summed E-state index contributed by atoms with van der Waals surface area (Å²) >= 11 is 0. The van der Waals surface area contributed by atoms with Crippen LogP contribution in [0.15, 0.2) is 18.2 Å². The Kier molecular flexibility index (Phi) is 4.10. The largest absolute Gasteiger partial charge is 0.380 e. The molecule has 0 spiro atoms. The Balaban J connectivity index is 2.97. The Bertz CT molecular complexity index is 412. The quantitative estimate of drug-likeness (QED) is 0.623. The van der Waals surface area contributed by atoms with Crippen molar-refractivity contribution in [3.8, 4) is 0 Å². The van der Waals surface area contributed by atoms with E-state index in [1.165, 1.54) is 0 Å². The minimum Gasteiger partial charge on any atom is -0.380 e. The van der Waals surface area contributed by atoms with Gasteiger partial charge in [0.2, 0.25) is 0 Å². The van der Waals surface area contributed by atoms with Crippen molar-refractivity contribution < 1.29 is 4.92 Å². The summed E-state index contributed by atoms with van der Waals surface area (Å²) in [5.74, 6) is 0. The number of aryl methyl sites for hydroxylation is 1. The van der Waals surface area contributed by atoms with E-state index in [1.54, 1.807) is 18.2 Å². The Hall–Kier alpha value is -1.58. The lowest BCUT2D eigenvalue weighted by atomic mass is 9.94. The molecule has 0 heterocycles. The van der Waals surface area contributed by atoms with E-state index < -0.39 is 0 Å². The predicted molar refractivity (Wildman–Crippen MR) is 70.4 cm³/mol. The molecule has 94 valence electrons. The summed E-state index contributed by atoms with van der Waals surface area (Å²) in [4.78, 5) is 10.3. The van der Waals surface area contributed by atoms with Crippen LogP contribution in [0.5, 0.6) is 0 Å². The molecule has 0 unspecified atom stereocenters. The second kappa shape index (κ2) is 5.17. The summed E-state index contributed by atoms with van der Waals surface area (Å²) < 4.78 is 0. The molecule has 1 aromatic rings. The van der Waals surface area contributed by atoms with Crippen LogP contribution in [0.3, 0.4) is 0 Å². The van der Waals surface area contributed by atoms with Gasteiger partial charge in [-0.1, -0.05) is 13.8 Å². The zero-order valence-electron chi connectivity index (χ0n) is 10.9. The van der Waals surface area contributed by atoms with Crippen LogP contribution in [0, 0.1) is 17.0 Å². The number of benzene rings is 1. The molecule has 17 heavy (non-hydrogen) atoms. The normalized spacial score (nSPS) is 11.3. The van der Waals surface area contributed by atoms with Crippen molar-refractivity contribution in [2.75, 3.05) is 5.32 Å². The molecule has 0 bridgehead atoms. The number of nitrogens with one attached hydrogen (secondary N) is 1. The summed E-state index contributed by atoms with van der Waals surface area (Å²) in [5, 5.41) is 14.1. The highest BCUT2D eigenvalue weighted by Crippen LogP contribution is 2.26. The number of nitrogens with zero attached hydrogens (tertiary/aromatic N) is 1. The Labute approximate surface area is 102 Å². The lowest BCUT2D eigenvalue weighted by Gasteiger charge is -2.30. The molecular formula is C13H20N2O2. The van der Waals surface area contributed by atoms with E-state index in [0.29, 0.717) is 0 Å². The average Bonchev–Trinajstić information content (AvgIpc) is 2.31. The third kappa shape index (κ3) is 3.19. The van der Waals surface area contributed by atoms with Gasteiger partial charge >= 0.3 is 0 Å². The molecule has 1 N–H and O–H groups in total. The topological polar surface area (TPSA) is 55.2 Å². The molecule has 4 heteroatoms. The first-order valence-electron chi connectivity index (χ1n) is 5.95. The molecular weight excluding hydrogens is 216 g/mol. The first-order chi connectivity index (χ1) is 7.91. The fourth-order valence-corrected chi connectivity index (χ4v) is 1.65. The Morgan fingerprint density at radius 1 is 1.35 bits per heavy atom. The van der Waals surface area contributed by atoms with Crippen LogP contribution < -0.4 is 5.32 Å². The molecule has 0 radical (unpaired) electrons. The van der Waals surface area contributed by atoms with E-state index in [1.807, 2.05) is 6.92 Å². The van der Waals surface area contributed by atoms with Gasteiger partial charge in [-0.15, -0.1) is 0 Å². The number of non-ortho nitro benzene ring substituents is 1. The second-order valence-electron chi connectivity index (χ2n) is 4.65.